The van der Waals surface area contributed by atoms with Gasteiger partial charge in [-0.1, -0.05) is 30.3 Å². The maximum Gasteiger partial charge on any atom is 0.209 e. The molecular weight excluding hydrogens is 220 g/mol. The van der Waals surface area contributed by atoms with E-state index in [2.05, 4.69) is 23.7 Å². The van der Waals surface area contributed by atoms with Crippen molar-refractivity contribution in [3.63, 3.8) is 0 Å². The third-order valence-corrected chi connectivity index (χ3v) is 2.29. The zero-order valence-corrected chi connectivity index (χ0v) is 9.64. The normalized spacial score (nSPS) is 9.25. The minimum atomic E-state index is 0. The van der Waals surface area contributed by atoms with Crippen molar-refractivity contribution >= 4 is 6.20 Å². The molecule has 0 radical (unpaired) electrons. The molecule has 3 heteroatoms. The van der Waals surface area contributed by atoms with Crippen molar-refractivity contribution in [3.8, 4) is 0 Å². The van der Waals surface area contributed by atoms with Gasteiger partial charge in [-0.25, -0.2) is 0 Å². The van der Waals surface area contributed by atoms with Crippen LogP contribution in [0.5, 0.6) is 0 Å². The highest BCUT2D eigenvalue weighted by atomic mass is 35.5. The van der Waals surface area contributed by atoms with Gasteiger partial charge in [-0.15, -0.1) is 0 Å². The van der Waals surface area contributed by atoms with E-state index in [0.29, 0.717) is 0 Å². The van der Waals surface area contributed by atoms with Crippen LogP contribution in [-0.2, 0) is 6.42 Å². The van der Waals surface area contributed by atoms with E-state index < -0.39 is 0 Å². The van der Waals surface area contributed by atoms with Gasteiger partial charge in [0.05, 0.1) is 18.8 Å². The second-order valence-corrected chi connectivity index (χ2v) is 3.32. The van der Waals surface area contributed by atoms with Gasteiger partial charge in [0.15, 0.2) is 12.4 Å². The van der Waals surface area contributed by atoms with Gasteiger partial charge in [0.25, 0.3) is 0 Å². The first-order chi connectivity index (χ1) is 7.40. The fourth-order valence-corrected chi connectivity index (χ4v) is 1.52. The van der Waals surface area contributed by atoms with Gasteiger partial charge in [-0.2, -0.15) is 4.57 Å². The largest absolute Gasteiger partial charge is 1.00 e. The van der Waals surface area contributed by atoms with Crippen molar-refractivity contribution in [2.45, 2.75) is 6.42 Å². The molecule has 2 aromatic rings. The van der Waals surface area contributed by atoms with E-state index in [1.54, 1.807) is 12.4 Å². The summed E-state index contributed by atoms with van der Waals surface area (Å²) >= 11 is 0. The number of halogens is 1. The Morgan fingerprint density at radius 1 is 1.25 bits per heavy atom. The first kappa shape index (κ1) is 12.4. The highest BCUT2D eigenvalue weighted by Gasteiger charge is 2.07. The fraction of sp³-hybridized carbons (Fsp3) is 0.0769. The minimum absolute atomic E-state index is 0. The van der Waals surface area contributed by atoms with Crippen molar-refractivity contribution in [2.24, 2.45) is 0 Å². The SMILES string of the molecule is C=C[n+]1ccncc1Cc1ccccc1.[Cl-]. The molecule has 1 heterocycles. The van der Waals surface area contributed by atoms with Crippen LogP contribution >= 0.6 is 0 Å². The zero-order chi connectivity index (χ0) is 10.5. The number of rotatable bonds is 3. The first-order valence-electron chi connectivity index (χ1n) is 4.90. The Morgan fingerprint density at radius 2 is 2.00 bits per heavy atom. The Bertz CT molecular complexity index is 454. The summed E-state index contributed by atoms with van der Waals surface area (Å²) in [5.41, 5.74) is 2.42. The molecule has 0 spiro atoms. The summed E-state index contributed by atoms with van der Waals surface area (Å²) in [4.78, 5) is 4.12. The van der Waals surface area contributed by atoms with Crippen LogP contribution < -0.4 is 17.0 Å². The van der Waals surface area contributed by atoms with Gasteiger partial charge in [0.1, 0.15) is 0 Å². The van der Waals surface area contributed by atoms with Crippen molar-refractivity contribution in [3.05, 3.63) is 66.8 Å². The Morgan fingerprint density at radius 3 is 2.69 bits per heavy atom. The minimum Gasteiger partial charge on any atom is -1.00 e. The van der Waals surface area contributed by atoms with Crippen LogP contribution in [0.15, 0.2) is 55.5 Å². The van der Waals surface area contributed by atoms with Gasteiger partial charge in [-0.3, -0.25) is 4.98 Å². The lowest BCUT2D eigenvalue weighted by atomic mass is 10.1. The lowest BCUT2D eigenvalue weighted by Gasteiger charge is -1.99. The van der Waals surface area contributed by atoms with Crippen LogP contribution in [0.4, 0.5) is 0 Å². The third kappa shape index (κ3) is 2.91. The van der Waals surface area contributed by atoms with Gasteiger partial charge in [0, 0.05) is 0 Å². The summed E-state index contributed by atoms with van der Waals surface area (Å²) in [6.45, 7) is 3.77. The Kier molecular flexibility index (Phi) is 4.67. The maximum atomic E-state index is 4.12. The van der Waals surface area contributed by atoms with E-state index in [1.807, 2.05) is 35.2 Å². The van der Waals surface area contributed by atoms with Crippen LogP contribution in [0.3, 0.4) is 0 Å². The van der Waals surface area contributed by atoms with Gasteiger partial charge in [-0.05, 0) is 12.1 Å². The molecule has 0 atom stereocenters. The molecular formula is C13H13ClN2. The summed E-state index contributed by atoms with van der Waals surface area (Å²) in [5.74, 6) is 0. The molecule has 0 aliphatic carbocycles. The van der Waals surface area contributed by atoms with Crippen LogP contribution in [0.2, 0.25) is 0 Å². The molecule has 82 valence electrons. The predicted molar refractivity (Wildman–Crippen MR) is 60.1 cm³/mol. The van der Waals surface area contributed by atoms with Crippen LogP contribution in [-0.4, -0.2) is 4.98 Å². The molecule has 0 aliphatic rings. The van der Waals surface area contributed by atoms with E-state index in [4.69, 9.17) is 0 Å². The smallest absolute Gasteiger partial charge is 0.209 e. The molecule has 0 saturated heterocycles. The molecule has 0 fully saturated rings. The van der Waals surface area contributed by atoms with Crippen LogP contribution in [0, 0.1) is 0 Å². The monoisotopic (exact) mass is 232 g/mol. The lowest BCUT2D eigenvalue weighted by Crippen LogP contribution is -3.00. The number of nitrogens with zero attached hydrogens (tertiary/aromatic N) is 2. The average molecular weight is 233 g/mol. The Balaban J connectivity index is 0.00000128. The van der Waals surface area contributed by atoms with E-state index >= 15 is 0 Å². The standard InChI is InChI=1S/C13H13N2.ClH/c1-2-15-9-8-14-11-13(15)10-12-6-4-3-5-7-12;/h2-9,11H,1,10H2;1H/q+1;/p-1. The lowest BCUT2D eigenvalue weighted by molar-refractivity contribution is -0.577. The molecule has 16 heavy (non-hydrogen) atoms. The maximum absolute atomic E-state index is 4.12. The quantitative estimate of drug-likeness (QED) is 0.625. The highest BCUT2D eigenvalue weighted by molar-refractivity contribution is 5.19. The van der Waals surface area contributed by atoms with E-state index in [1.165, 1.54) is 5.56 Å². The average Bonchev–Trinajstić information content (AvgIpc) is 2.31. The van der Waals surface area contributed by atoms with E-state index in [9.17, 15) is 0 Å². The molecule has 1 aromatic carbocycles. The van der Waals surface area contributed by atoms with E-state index in [-0.39, 0.29) is 12.4 Å². The van der Waals surface area contributed by atoms with Crippen molar-refractivity contribution < 1.29 is 17.0 Å². The Hall–Kier alpha value is -1.67. The second kappa shape index (κ2) is 6.03. The summed E-state index contributed by atoms with van der Waals surface area (Å²) in [5, 5.41) is 0. The third-order valence-electron chi connectivity index (χ3n) is 2.29. The van der Waals surface area contributed by atoms with Crippen LogP contribution in [0.1, 0.15) is 11.3 Å². The Labute approximate surface area is 102 Å². The summed E-state index contributed by atoms with van der Waals surface area (Å²) in [7, 11) is 0. The first-order valence-corrected chi connectivity index (χ1v) is 4.90. The number of hydrogen-bond acceptors (Lipinski definition) is 1. The van der Waals surface area contributed by atoms with Gasteiger partial charge >= 0.3 is 0 Å². The number of hydrogen-bond donors (Lipinski definition) is 0. The van der Waals surface area contributed by atoms with Gasteiger partial charge in [0.2, 0.25) is 5.69 Å². The summed E-state index contributed by atoms with van der Waals surface area (Å²) in [6.07, 6.45) is 8.21. The topological polar surface area (TPSA) is 16.8 Å². The molecule has 2 rings (SSSR count). The molecule has 0 bridgehead atoms. The summed E-state index contributed by atoms with van der Waals surface area (Å²) < 4.78 is 1.99. The van der Waals surface area contributed by atoms with Gasteiger partial charge < -0.3 is 12.4 Å². The molecule has 0 saturated carbocycles. The molecule has 0 aliphatic heterocycles. The number of aromatic nitrogens is 2. The molecule has 2 nitrogen and oxygen atoms in total. The fourth-order valence-electron chi connectivity index (χ4n) is 1.52. The molecule has 0 amide bonds. The van der Waals surface area contributed by atoms with Crippen molar-refractivity contribution in [1.29, 1.82) is 0 Å². The van der Waals surface area contributed by atoms with E-state index in [0.717, 1.165) is 12.1 Å². The number of benzene rings is 1. The molecule has 0 unspecified atom stereocenters. The molecule has 1 aromatic heterocycles. The predicted octanol–water partition coefficient (Wildman–Crippen LogP) is -0.936. The highest BCUT2D eigenvalue weighted by Crippen LogP contribution is 2.04. The van der Waals surface area contributed by atoms with Crippen molar-refractivity contribution in [2.75, 3.05) is 0 Å². The second-order valence-electron chi connectivity index (χ2n) is 3.32. The van der Waals surface area contributed by atoms with Crippen LogP contribution in [0.25, 0.3) is 6.20 Å². The molecule has 0 N–H and O–H groups in total. The summed E-state index contributed by atoms with van der Waals surface area (Å²) in [6, 6.07) is 10.3. The zero-order valence-electron chi connectivity index (χ0n) is 8.88. The van der Waals surface area contributed by atoms with Crippen molar-refractivity contribution in [1.82, 2.24) is 4.98 Å².